The predicted molar refractivity (Wildman–Crippen MR) is 123 cm³/mol. The second kappa shape index (κ2) is 9.32. The number of carbonyl (C=O) groups is 2. The minimum Gasteiger partial charge on any atom is -0.349 e. The summed E-state index contributed by atoms with van der Waals surface area (Å²) in [4.78, 5) is 29.8. The number of halogens is 3. The summed E-state index contributed by atoms with van der Waals surface area (Å²) in [6.45, 7) is 0. The number of rotatable bonds is 4. The Kier molecular flexibility index (Phi) is 6.53. The highest BCUT2D eigenvalue weighted by Crippen LogP contribution is 2.29. The summed E-state index contributed by atoms with van der Waals surface area (Å²) in [5.41, 5.74) is 1.58. The highest BCUT2D eigenvalue weighted by Gasteiger charge is 2.28. The van der Waals surface area contributed by atoms with Crippen molar-refractivity contribution in [2.75, 3.05) is 5.32 Å². The first-order valence-corrected chi connectivity index (χ1v) is 11.2. The van der Waals surface area contributed by atoms with E-state index in [-0.39, 0.29) is 28.8 Å². The summed E-state index contributed by atoms with van der Waals surface area (Å²) < 4.78 is 14.0. The van der Waals surface area contributed by atoms with Crippen molar-refractivity contribution in [3.05, 3.63) is 69.5 Å². The van der Waals surface area contributed by atoms with Gasteiger partial charge in [-0.05, 0) is 62.1 Å². The summed E-state index contributed by atoms with van der Waals surface area (Å²) in [7, 11) is 0. The molecule has 2 N–H and O–H groups in total. The van der Waals surface area contributed by atoms with Gasteiger partial charge in [-0.2, -0.15) is 0 Å². The topological polar surface area (TPSA) is 71.1 Å². The molecule has 0 aliphatic heterocycles. The van der Waals surface area contributed by atoms with Crippen LogP contribution < -0.4 is 10.6 Å². The lowest BCUT2D eigenvalue weighted by molar-refractivity contribution is -0.120. The van der Waals surface area contributed by atoms with Crippen molar-refractivity contribution in [3.8, 4) is 0 Å². The normalized spacial score (nSPS) is 18.5. The lowest BCUT2D eigenvalue weighted by Gasteiger charge is -2.28. The molecule has 1 fully saturated rings. The van der Waals surface area contributed by atoms with Crippen LogP contribution in [0.3, 0.4) is 0 Å². The van der Waals surface area contributed by atoms with E-state index in [1.54, 1.807) is 12.3 Å². The zero-order valence-corrected chi connectivity index (χ0v) is 18.8. The number of fused-ring (bicyclic) bond motifs is 1. The predicted octanol–water partition coefficient (Wildman–Crippen LogP) is 5.72. The smallest absolute Gasteiger partial charge is 0.253 e. The Balaban J connectivity index is 1.36. The van der Waals surface area contributed by atoms with Crippen LogP contribution in [-0.2, 0) is 4.79 Å². The largest absolute Gasteiger partial charge is 0.349 e. The number of nitrogens with zero attached hydrogens (tertiary/aromatic N) is 1. The van der Waals surface area contributed by atoms with E-state index in [2.05, 4.69) is 31.5 Å². The molecular formula is C23H20BrClFN3O2. The molecule has 1 aliphatic carbocycles. The highest BCUT2D eigenvalue weighted by molar-refractivity contribution is 9.10. The molecule has 5 nitrogen and oxygen atoms in total. The summed E-state index contributed by atoms with van der Waals surface area (Å²) in [5, 5.41) is 6.92. The number of hydrogen-bond acceptors (Lipinski definition) is 3. The molecule has 2 amide bonds. The maximum Gasteiger partial charge on any atom is 0.253 e. The molecule has 0 saturated heterocycles. The van der Waals surface area contributed by atoms with Crippen molar-refractivity contribution >= 4 is 55.9 Å². The van der Waals surface area contributed by atoms with Crippen molar-refractivity contribution in [1.29, 1.82) is 0 Å². The number of amides is 2. The number of anilines is 1. The summed E-state index contributed by atoms with van der Waals surface area (Å²) in [6, 6.07) is 11.3. The molecule has 2 aromatic carbocycles. The molecule has 1 aromatic heterocycles. The van der Waals surface area contributed by atoms with Crippen molar-refractivity contribution < 1.29 is 14.0 Å². The van der Waals surface area contributed by atoms with E-state index in [0.29, 0.717) is 42.5 Å². The average molecular weight is 505 g/mol. The van der Waals surface area contributed by atoms with Crippen molar-refractivity contribution in [1.82, 2.24) is 10.3 Å². The molecule has 4 rings (SSSR count). The third-order valence-corrected chi connectivity index (χ3v) is 6.31. The molecule has 0 radical (unpaired) electrons. The SMILES string of the molecule is O=C(NC1CCC(C(=O)Nc2ccc(F)cc2Cl)CC1)c1cc(Br)cc2cccnc12. The van der Waals surface area contributed by atoms with E-state index >= 15 is 0 Å². The van der Waals surface area contributed by atoms with E-state index in [1.807, 2.05) is 18.2 Å². The Morgan fingerprint density at radius 2 is 1.87 bits per heavy atom. The number of hydrogen-bond donors (Lipinski definition) is 2. The van der Waals surface area contributed by atoms with E-state index in [4.69, 9.17) is 11.6 Å². The molecule has 1 heterocycles. The van der Waals surface area contributed by atoms with E-state index in [0.717, 1.165) is 9.86 Å². The number of aromatic nitrogens is 1. The number of carbonyl (C=O) groups excluding carboxylic acids is 2. The molecule has 8 heteroatoms. The van der Waals surface area contributed by atoms with Gasteiger partial charge in [-0.1, -0.05) is 33.6 Å². The van der Waals surface area contributed by atoms with Crippen LogP contribution in [0.2, 0.25) is 5.02 Å². The van der Waals surface area contributed by atoms with Crippen LogP contribution in [0.5, 0.6) is 0 Å². The van der Waals surface area contributed by atoms with Crippen LogP contribution in [0.1, 0.15) is 36.0 Å². The number of pyridine rings is 1. The van der Waals surface area contributed by atoms with Gasteiger partial charge >= 0.3 is 0 Å². The minimum absolute atomic E-state index is 0.0105. The van der Waals surface area contributed by atoms with Gasteiger partial charge in [0.1, 0.15) is 5.82 Å². The zero-order chi connectivity index (χ0) is 22.0. The van der Waals surface area contributed by atoms with Crippen molar-refractivity contribution in [2.24, 2.45) is 5.92 Å². The molecule has 0 unspecified atom stereocenters. The first kappa shape index (κ1) is 21.7. The van der Waals surface area contributed by atoms with Crippen molar-refractivity contribution in [3.63, 3.8) is 0 Å². The van der Waals surface area contributed by atoms with Crippen LogP contribution in [0.4, 0.5) is 10.1 Å². The average Bonchev–Trinajstić information content (AvgIpc) is 2.75. The fourth-order valence-corrected chi connectivity index (χ4v) is 4.61. The fraction of sp³-hybridized carbons (Fsp3) is 0.261. The summed E-state index contributed by atoms with van der Waals surface area (Å²) in [5.74, 6) is -0.938. The fourth-order valence-electron chi connectivity index (χ4n) is 3.92. The Bertz CT molecular complexity index is 1150. The van der Waals surface area contributed by atoms with Crippen LogP contribution in [0.25, 0.3) is 10.9 Å². The highest BCUT2D eigenvalue weighted by atomic mass is 79.9. The first-order valence-electron chi connectivity index (χ1n) is 10.0. The molecule has 3 aromatic rings. The van der Waals surface area contributed by atoms with Crippen LogP contribution >= 0.6 is 27.5 Å². The minimum atomic E-state index is -0.451. The monoisotopic (exact) mass is 503 g/mol. The molecule has 0 atom stereocenters. The van der Waals surface area contributed by atoms with Gasteiger partial charge in [0.25, 0.3) is 5.91 Å². The maximum absolute atomic E-state index is 13.2. The van der Waals surface area contributed by atoms with E-state index in [9.17, 15) is 14.0 Å². The first-order chi connectivity index (χ1) is 14.9. The Hall–Kier alpha value is -2.51. The van der Waals surface area contributed by atoms with E-state index in [1.165, 1.54) is 18.2 Å². The number of benzene rings is 2. The molecule has 0 spiro atoms. The van der Waals surface area contributed by atoms with Gasteiger partial charge in [0.15, 0.2) is 0 Å². The standard InChI is InChI=1S/C23H20BrClFN3O2/c24-15-10-14-2-1-9-27-21(14)18(11-15)23(31)28-17-6-3-13(4-7-17)22(30)29-20-8-5-16(26)12-19(20)25/h1-2,5,8-13,17H,3-4,6-7H2,(H,28,31)(H,29,30). The Morgan fingerprint density at radius 3 is 2.61 bits per heavy atom. The Labute approximate surface area is 192 Å². The quantitative estimate of drug-likeness (QED) is 0.478. The van der Waals surface area contributed by atoms with Crippen LogP contribution in [0, 0.1) is 11.7 Å². The molecule has 1 aliphatic rings. The van der Waals surface area contributed by atoms with E-state index < -0.39 is 5.82 Å². The van der Waals surface area contributed by atoms with Gasteiger partial charge in [-0.25, -0.2) is 4.39 Å². The molecule has 1 saturated carbocycles. The number of nitrogens with one attached hydrogen (secondary N) is 2. The molecule has 160 valence electrons. The lowest BCUT2D eigenvalue weighted by Crippen LogP contribution is -2.39. The zero-order valence-electron chi connectivity index (χ0n) is 16.5. The third kappa shape index (κ3) is 5.05. The lowest BCUT2D eigenvalue weighted by atomic mass is 9.85. The van der Waals surface area contributed by atoms with Gasteiger partial charge < -0.3 is 10.6 Å². The van der Waals surface area contributed by atoms with Gasteiger partial charge in [-0.3, -0.25) is 14.6 Å². The van der Waals surface area contributed by atoms with Crippen LogP contribution in [-0.4, -0.2) is 22.8 Å². The molecule has 31 heavy (non-hydrogen) atoms. The second-order valence-corrected chi connectivity index (χ2v) is 8.99. The van der Waals surface area contributed by atoms with Gasteiger partial charge in [0.2, 0.25) is 5.91 Å². The second-order valence-electron chi connectivity index (χ2n) is 7.66. The maximum atomic E-state index is 13.2. The molecular weight excluding hydrogens is 485 g/mol. The molecule has 0 bridgehead atoms. The van der Waals surface area contributed by atoms with Gasteiger partial charge in [0.05, 0.1) is 21.8 Å². The summed E-state index contributed by atoms with van der Waals surface area (Å²) >= 11 is 9.45. The third-order valence-electron chi connectivity index (χ3n) is 5.54. The Morgan fingerprint density at radius 1 is 1.10 bits per heavy atom. The van der Waals surface area contributed by atoms with Gasteiger partial charge in [-0.15, -0.1) is 0 Å². The summed E-state index contributed by atoms with van der Waals surface area (Å²) in [6.07, 6.45) is 4.35. The van der Waals surface area contributed by atoms with Gasteiger partial charge in [0, 0.05) is 28.0 Å². The van der Waals surface area contributed by atoms with Crippen LogP contribution in [0.15, 0.2) is 53.1 Å². The van der Waals surface area contributed by atoms with Crippen molar-refractivity contribution in [2.45, 2.75) is 31.7 Å².